The van der Waals surface area contributed by atoms with Crippen LogP contribution in [0, 0.1) is 5.95 Å². The first-order valence-electron chi connectivity index (χ1n) is 6.18. The summed E-state index contributed by atoms with van der Waals surface area (Å²) in [6.07, 6.45) is 4.18. The highest BCUT2D eigenvalue weighted by Gasteiger charge is 2.21. The lowest BCUT2D eigenvalue weighted by molar-refractivity contribution is 0.584. The van der Waals surface area contributed by atoms with E-state index in [-0.39, 0.29) is 5.02 Å². The van der Waals surface area contributed by atoms with Gasteiger partial charge in [0.25, 0.3) is 0 Å². The van der Waals surface area contributed by atoms with Gasteiger partial charge in [-0.05, 0) is 39.7 Å². The summed E-state index contributed by atoms with van der Waals surface area (Å²) in [5.41, 5.74) is 0.933. The van der Waals surface area contributed by atoms with E-state index in [1.807, 2.05) is 20.8 Å². The number of halogens is 2. The van der Waals surface area contributed by atoms with Crippen LogP contribution in [-0.2, 0) is 11.0 Å². The fraction of sp³-hybridized carbons (Fsp3) is 0.429. The Morgan fingerprint density at radius 2 is 2.25 bits per heavy atom. The largest absolute Gasteiger partial charge is 0.234 e. The molecule has 0 amide bonds. The molecule has 0 bridgehead atoms. The van der Waals surface area contributed by atoms with Crippen LogP contribution in [0.1, 0.15) is 39.2 Å². The minimum absolute atomic E-state index is 0.0961. The molecule has 3 nitrogen and oxygen atoms in total. The van der Waals surface area contributed by atoms with E-state index >= 15 is 0 Å². The molecule has 0 N–H and O–H groups in total. The monoisotopic (exact) mass is 316 g/mol. The fourth-order valence-electron chi connectivity index (χ4n) is 1.35. The molecular weight excluding hydrogens is 299 g/mol. The molecule has 0 saturated carbocycles. The quantitative estimate of drug-likeness (QED) is 0.466. The molecule has 6 heteroatoms. The first-order valence-corrected chi connectivity index (χ1v) is 7.66. The molecule has 1 rings (SSSR count). The van der Waals surface area contributed by atoms with Crippen molar-refractivity contribution in [3.8, 4) is 0 Å². The van der Waals surface area contributed by atoms with Gasteiger partial charge in [-0.3, -0.25) is 0 Å². The van der Waals surface area contributed by atoms with Gasteiger partial charge in [0.15, 0.2) is 0 Å². The average molecular weight is 317 g/mol. The summed E-state index contributed by atoms with van der Waals surface area (Å²) < 4.78 is 29.3. The summed E-state index contributed by atoms with van der Waals surface area (Å²) in [5, 5.41) is -0.0961. The van der Waals surface area contributed by atoms with Crippen LogP contribution in [0.4, 0.5) is 4.39 Å². The van der Waals surface area contributed by atoms with Gasteiger partial charge < -0.3 is 0 Å². The summed E-state index contributed by atoms with van der Waals surface area (Å²) in [5.74, 6) is -0.753. The number of pyridine rings is 1. The maximum absolute atomic E-state index is 13.4. The van der Waals surface area contributed by atoms with Crippen LogP contribution in [0.2, 0.25) is 5.02 Å². The van der Waals surface area contributed by atoms with Crippen molar-refractivity contribution in [2.75, 3.05) is 0 Å². The van der Waals surface area contributed by atoms with Crippen molar-refractivity contribution in [2.45, 2.75) is 38.4 Å². The first-order chi connectivity index (χ1) is 9.27. The van der Waals surface area contributed by atoms with Gasteiger partial charge in [0.05, 0.1) is 10.5 Å². The summed E-state index contributed by atoms with van der Waals surface area (Å²) in [6, 6.07) is 1.58. The number of allylic oxidation sites excluding steroid dienone is 1. The SMILES string of the molecule is C=CCCC(=N[S@@](=O)C(C)(C)C)c1ccnc(F)c1Cl. The predicted octanol–water partition coefficient (Wildman–Crippen LogP) is 4.09. The molecule has 0 spiro atoms. The van der Waals surface area contributed by atoms with Gasteiger partial charge in [-0.25, -0.2) is 9.19 Å². The number of nitrogens with zero attached hydrogens (tertiary/aromatic N) is 2. The Kier molecular flexibility index (Phi) is 6.02. The molecule has 0 aliphatic heterocycles. The zero-order valence-corrected chi connectivity index (χ0v) is 13.4. The summed E-state index contributed by atoms with van der Waals surface area (Å²) in [4.78, 5) is 3.48. The summed E-state index contributed by atoms with van der Waals surface area (Å²) >= 11 is 5.92. The van der Waals surface area contributed by atoms with Crippen molar-refractivity contribution < 1.29 is 8.60 Å². The molecule has 1 aromatic rings. The molecule has 1 atom stereocenters. The third kappa shape index (κ3) is 4.49. The van der Waals surface area contributed by atoms with Crippen molar-refractivity contribution in [3.05, 3.63) is 41.5 Å². The Hall–Kier alpha value is -1.07. The molecule has 0 aromatic carbocycles. The molecule has 0 unspecified atom stereocenters. The molecule has 110 valence electrons. The highest BCUT2D eigenvalue weighted by atomic mass is 35.5. The second kappa shape index (κ2) is 7.09. The van der Waals surface area contributed by atoms with Crippen LogP contribution in [0.15, 0.2) is 29.3 Å². The van der Waals surface area contributed by atoms with Crippen molar-refractivity contribution in [2.24, 2.45) is 4.40 Å². The molecule has 1 aromatic heterocycles. The smallest absolute Gasteiger partial charge is 0.232 e. The van der Waals surface area contributed by atoms with Crippen LogP contribution in [0.3, 0.4) is 0 Å². The second-order valence-corrected chi connectivity index (χ2v) is 7.47. The number of hydrogen-bond acceptors (Lipinski definition) is 2. The lowest BCUT2D eigenvalue weighted by Crippen LogP contribution is -2.21. The first kappa shape index (κ1) is 17.0. The zero-order chi connectivity index (χ0) is 15.3. The maximum atomic E-state index is 13.4. The van der Waals surface area contributed by atoms with E-state index < -0.39 is 21.7 Å². The van der Waals surface area contributed by atoms with Gasteiger partial charge in [-0.15, -0.1) is 6.58 Å². The van der Waals surface area contributed by atoms with Gasteiger partial charge in [-0.1, -0.05) is 17.7 Å². The molecular formula is C14H18ClFN2OS. The molecule has 0 aliphatic carbocycles. The number of aromatic nitrogens is 1. The van der Waals surface area contributed by atoms with Gasteiger partial charge in [0.1, 0.15) is 16.0 Å². The van der Waals surface area contributed by atoms with Crippen molar-refractivity contribution in [1.82, 2.24) is 4.98 Å². The predicted molar refractivity (Wildman–Crippen MR) is 83.1 cm³/mol. The summed E-state index contributed by atoms with van der Waals surface area (Å²) in [6.45, 7) is 9.12. The molecule has 20 heavy (non-hydrogen) atoms. The third-order valence-electron chi connectivity index (χ3n) is 2.46. The standard InChI is InChI=1S/C14H18ClFN2OS/c1-5-6-7-11(18-20(19)14(2,3)4)10-8-9-17-13(16)12(10)15/h5,8-9H,1,6-7H2,2-4H3/t20-/m0/s1. The van der Waals surface area contributed by atoms with E-state index in [0.29, 0.717) is 24.1 Å². The average Bonchev–Trinajstić information content (AvgIpc) is 2.36. The Morgan fingerprint density at radius 3 is 2.80 bits per heavy atom. The highest BCUT2D eigenvalue weighted by Crippen LogP contribution is 2.22. The van der Waals surface area contributed by atoms with E-state index in [1.54, 1.807) is 12.1 Å². The van der Waals surface area contributed by atoms with Crippen LogP contribution >= 0.6 is 11.6 Å². The zero-order valence-electron chi connectivity index (χ0n) is 11.8. The van der Waals surface area contributed by atoms with E-state index in [4.69, 9.17) is 11.6 Å². The van der Waals surface area contributed by atoms with E-state index in [1.165, 1.54) is 6.20 Å². The van der Waals surface area contributed by atoms with Gasteiger partial charge in [0, 0.05) is 11.8 Å². The molecule has 0 aliphatic rings. The van der Waals surface area contributed by atoms with Crippen LogP contribution in [-0.4, -0.2) is 19.7 Å². The van der Waals surface area contributed by atoms with Crippen LogP contribution < -0.4 is 0 Å². The van der Waals surface area contributed by atoms with Gasteiger partial charge in [-0.2, -0.15) is 8.79 Å². The lowest BCUT2D eigenvalue weighted by Gasteiger charge is -2.15. The molecule has 1 heterocycles. The second-order valence-electron chi connectivity index (χ2n) is 5.19. The van der Waals surface area contributed by atoms with Crippen molar-refractivity contribution >= 4 is 28.3 Å². The third-order valence-corrected chi connectivity index (χ3v) is 4.25. The highest BCUT2D eigenvalue weighted by molar-refractivity contribution is 7.85. The Morgan fingerprint density at radius 1 is 1.60 bits per heavy atom. The van der Waals surface area contributed by atoms with Gasteiger partial charge in [0.2, 0.25) is 5.95 Å². The summed E-state index contributed by atoms with van der Waals surface area (Å²) in [7, 11) is -1.43. The Balaban J connectivity index is 3.25. The van der Waals surface area contributed by atoms with Gasteiger partial charge >= 0.3 is 0 Å². The Labute approximate surface area is 126 Å². The van der Waals surface area contributed by atoms with Crippen LogP contribution in [0.25, 0.3) is 0 Å². The van der Waals surface area contributed by atoms with Crippen molar-refractivity contribution in [3.63, 3.8) is 0 Å². The number of hydrogen-bond donors (Lipinski definition) is 0. The minimum Gasteiger partial charge on any atom is -0.234 e. The fourth-order valence-corrected chi connectivity index (χ4v) is 2.23. The normalized spacial score (nSPS) is 14.2. The topological polar surface area (TPSA) is 42.3 Å². The number of rotatable bonds is 5. The Bertz CT molecular complexity index is 553. The van der Waals surface area contributed by atoms with Crippen molar-refractivity contribution in [1.29, 1.82) is 0 Å². The van der Waals surface area contributed by atoms with E-state index in [0.717, 1.165) is 0 Å². The lowest BCUT2D eigenvalue weighted by atomic mass is 10.1. The minimum atomic E-state index is -1.43. The molecule has 0 saturated heterocycles. The van der Waals surface area contributed by atoms with Crippen LogP contribution in [0.5, 0.6) is 0 Å². The maximum Gasteiger partial charge on any atom is 0.232 e. The molecule has 0 fully saturated rings. The molecule has 0 radical (unpaired) electrons. The van der Waals surface area contributed by atoms with E-state index in [2.05, 4.69) is 16.0 Å². The van der Waals surface area contributed by atoms with E-state index in [9.17, 15) is 8.60 Å².